The van der Waals surface area contributed by atoms with Crippen LogP contribution in [0.1, 0.15) is 38.2 Å². The smallest absolute Gasteiger partial charge is 0.119 e. The van der Waals surface area contributed by atoms with Crippen LogP contribution < -0.4 is 9.64 Å². The first-order valence-corrected chi connectivity index (χ1v) is 10.4. The van der Waals surface area contributed by atoms with Crippen LogP contribution in [0.2, 0.25) is 0 Å². The quantitative estimate of drug-likeness (QED) is 0.604. The average Bonchev–Trinajstić information content (AvgIpc) is 2.75. The van der Waals surface area contributed by atoms with Gasteiger partial charge in [0.05, 0.1) is 7.11 Å². The summed E-state index contributed by atoms with van der Waals surface area (Å²) in [5.41, 5.74) is 2.97. The number of nitrogens with zero attached hydrogens (tertiary/aromatic N) is 2. The molecule has 0 N–H and O–H groups in total. The zero-order chi connectivity index (χ0) is 18.7. The number of benzene rings is 2. The Morgan fingerprint density at radius 2 is 1.52 bits per heavy atom. The zero-order valence-electron chi connectivity index (χ0n) is 17.5. The molecule has 0 radical (unpaired) electrons. The minimum absolute atomic E-state index is 0. The molecule has 0 unspecified atom stereocenters. The van der Waals surface area contributed by atoms with Crippen LogP contribution in [0.5, 0.6) is 5.75 Å². The van der Waals surface area contributed by atoms with Gasteiger partial charge in [0.2, 0.25) is 0 Å². The Morgan fingerprint density at radius 3 is 2.14 bits per heavy atom. The van der Waals surface area contributed by atoms with Crippen LogP contribution in [0.25, 0.3) is 0 Å². The predicted molar refractivity (Wildman–Crippen MR) is 127 cm³/mol. The van der Waals surface area contributed by atoms with E-state index in [0.29, 0.717) is 0 Å². The van der Waals surface area contributed by atoms with E-state index in [1.807, 2.05) is 0 Å². The summed E-state index contributed by atoms with van der Waals surface area (Å²) in [4.78, 5) is 5.30. The Balaban J connectivity index is 0.00000150. The second-order valence-electron chi connectivity index (χ2n) is 8.26. The van der Waals surface area contributed by atoms with Crippen molar-refractivity contribution >= 4 is 30.5 Å². The second-order valence-corrected chi connectivity index (χ2v) is 8.26. The Morgan fingerprint density at radius 1 is 0.862 bits per heavy atom. The summed E-state index contributed by atoms with van der Waals surface area (Å²) in [5, 5.41) is 0. The normalized spacial score (nSPS) is 24.9. The molecule has 0 bridgehead atoms. The number of para-hydroxylation sites is 1. The summed E-state index contributed by atoms with van der Waals surface area (Å²) < 4.78 is 5.55. The standard InChI is InChI=1S/C24H32N2O.2ClH/c1-20-11-13-24(14-12-20,21-7-6-10-23(19-21)27-2)26-17-15-25(16-18-26)22-8-4-3-5-9-22;;/h3-10,19-20H,11-18H2,1-2H3;2*1H. The summed E-state index contributed by atoms with van der Waals surface area (Å²) >= 11 is 0. The van der Waals surface area contributed by atoms with Crippen LogP contribution in [-0.4, -0.2) is 38.2 Å². The molecule has 0 amide bonds. The molecule has 1 saturated carbocycles. The van der Waals surface area contributed by atoms with Gasteiger partial charge in [-0.05, 0) is 61.4 Å². The number of methoxy groups -OCH3 is 1. The largest absolute Gasteiger partial charge is 0.497 e. The van der Waals surface area contributed by atoms with E-state index in [-0.39, 0.29) is 30.4 Å². The van der Waals surface area contributed by atoms with Crippen molar-refractivity contribution in [3.63, 3.8) is 0 Å². The van der Waals surface area contributed by atoms with E-state index in [9.17, 15) is 0 Å². The molecule has 2 aromatic rings. The maximum atomic E-state index is 5.55. The fourth-order valence-corrected chi connectivity index (χ4v) is 4.97. The molecular weight excluding hydrogens is 403 g/mol. The SMILES string of the molecule is COc1cccc(C2(N3CCN(c4ccccc4)CC3)CCC(C)CC2)c1.Cl.Cl. The molecule has 2 fully saturated rings. The van der Waals surface area contributed by atoms with Crippen LogP contribution in [-0.2, 0) is 5.54 Å². The highest BCUT2D eigenvalue weighted by Crippen LogP contribution is 2.45. The van der Waals surface area contributed by atoms with Crippen molar-refractivity contribution in [2.75, 3.05) is 38.2 Å². The van der Waals surface area contributed by atoms with Crippen LogP contribution in [0.15, 0.2) is 54.6 Å². The molecule has 0 aromatic heterocycles. The topological polar surface area (TPSA) is 15.7 Å². The minimum Gasteiger partial charge on any atom is -0.497 e. The van der Waals surface area contributed by atoms with Gasteiger partial charge in [-0.15, -0.1) is 24.8 Å². The van der Waals surface area contributed by atoms with Gasteiger partial charge < -0.3 is 9.64 Å². The third-order valence-electron chi connectivity index (χ3n) is 6.71. The molecule has 1 saturated heterocycles. The van der Waals surface area contributed by atoms with Gasteiger partial charge in [-0.25, -0.2) is 0 Å². The van der Waals surface area contributed by atoms with Gasteiger partial charge in [-0.2, -0.15) is 0 Å². The maximum Gasteiger partial charge on any atom is 0.119 e. The lowest BCUT2D eigenvalue weighted by atomic mass is 9.71. The van der Waals surface area contributed by atoms with Crippen molar-refractivity contribution in [1.29, 1.82) is 0 Å². The molecule has 2 aliphatic rings. The van der Waals surface area contributed by atoms with Gasteiger partial charge in [0, 0.05) is 37.4 Å². The van der Waals surface area contributed by atoms with Crippen LogP contribution in [0, 0.1) is 5.92 Å². The van der Waals surface area contributed by atoms with Gasteiger partial charge >= 0.3 is 0 Å². The van der Waals surface area contributed by atoms with Crippen LogP contribution in [0.4, 0.5) is 5.69 Å². The number of halogens is 2. The Kier molecular flexibility index (Phi) is 8.69. The third-order valence-corrected chi connectivity index (χ3v) is 6.71. The number of ether oxygens (including phenoxy) is 1. The molecular formula is C24H34Cl2N2O. The summed E-state index contributed by atoms with van der Waals surface area (Å²) in [6.45, 7) is 6.86. The van der Waals surface area contributed by atoms with Crippen molar-refractivity contribution < 1.29 is 4.74 Å². The lowest BCUT2D eigenvalue weighted by molar-refractivity contribution is 0.0297. The molecule has 1 aliphatic carbocycles. The Hall–Kier alpha value is -1.42. The van der Waals surface area contributed by atoms with Crippen molar-refractivity contribution in [2.24, 2.45) is 5.92 Å². The number of anilines is 1. The van der Waals surface area contributed by atoms with Crippen molar-refractivity contribution in [3.05, 3.63) is 60.2 Å². The molecule has 5 heteroatoms. The van der Waals surface area contributed by atoms with Crippen LogP contribution >= 0.6 is 24.8 Å². The Bertz CT molecular complexity index is 740. The maximum absolute atomic E-state index is 5.55. The molecule has 3 nitrogen and oxygen atoms in total. The van der Waals surface area contributed by atoms with Crippen molar-refractivity contribution in [1.82, 2.24) is 4.90 Å². The van der Waals surface area contributed by atoms with Crippen LogP contribution in [0.3, 0.4) is 0 Å². The number of rotatable bonds is 4. The van der Waals surface area contributed by atoms with E-state index >= 15 is 0 Å². The minimum atomic E-state index is 0. The van der Waals surface area contributed by atoms with E-state index < -0.39 is 0 Å². The molecule has 0 spiro atoms. The molecule has 29 heavy (non-hydrogen) atoms. The third kappa shape index (κ3) is 5.02. The monoisotopic (exact) mass is 436 g/mol. The molecule has 1 aliphatic heterocycles. The first-order chi connectivity index (χ1) is 13.2. The fraction of sp³-hybridized carbons (Fsp3) is 0.500. The molecule has 1 heterocycles. The molecule has 2 aromatic carbocycles. The first-order valence-electron chi connectivity index (χ1n) is 10.4. The highest BCUT2D eigenvalue weighted by molar-refractivity contribution is 5.85. The summed E-state index contributed by atoms with van der Waals surface area (Å²) in [5.74, 6) is 1.82. The summed E-state index contributed by atoms with van der Waals surface area (Å²) in [6.07, 6.45) is 5.14. The summed E-state index contributed by atoms with van der Waals surface area (Å²) in [7, 11) is 1.77. The fourth-order valence-electron chi connectivity index (χ4n) is 4.97. The van der Waals surface area contributed by atoms with Gasteiger partial charge in [0.15, 0.2) is 0 Å². The van der Waals surface area contributed by atoms with Gasteiger partial charge in [0.1, 0.15) is 5.75 Å². The molecule has 4 rings (SSSR count). The lowest BCUT2D eigenvalue weighted by Gasteiger charge is -2.51. The molecule has 0 atom stereocenters. The van der Waals surface area contributed by atoms with Crippen molar-refractivity contribution in [2.45, 2.75) is 38.1 Å². The van der Waals surface area contributed by atoms with Gasteiger partial charge in [-0.1, -0.05) is 37.3 Å². The van der Waals surface area contributed by atoms with E-state index in [1.54, 1.807) is 7.11 Å². The predicted octanol–water partition coefficient (Wildman–Crippen LogP) is 5.77. The highest BCUT2D eigenvalue weighted by atomic mass is 35.5. The van der Waals surface area contributed by atoms with E-state index in [1.165, 1.54) is 36.9 Å². The Labute approximate surface area is 188 Å². The van der Waals surface area contributed by atoms with Gasteiger partial charge in [-0.3, -0.25) is 4.90 Å². The molecule has 160 valence electrons. The highest BCUT2D eigenvalue weighted by Gasteiger charge is 2.42. The summed E-state index contributed by atoms with van der Waals surface area (Å²) in [6, 6.07) is 19.7. The number of hydrogen-bond acceptors (Lipinski definition) is 3. The van der Waals surface area contributed by atoms with E-state index in [4.69, 9.17) is 4.74 Å². The second kappa shape index (κ2) is 10.6. The first kappa shape index (κ1) is 23.9. The number of piperazine rings is 1. The van der Waals surface area contributed by atoms with E-state index in [2.05, 4.69) is 71.3 Å². The number of hydrogen-bond donors (Lipinski definition) is 0. The van der Waals surface area contributed by atoms with E-state index in [0.717, 1.165) is 37.8 Å². The lowest BCUT2D eigenvalue weighted by Crippen LogP contribution is -2.56. The van der Waals surface area contributed by atoms with Crippen molar-refractivity contribution in [3.8, 4) is 5.75 Å². The van der Waals surface area contributed by atoms with Gasteiger partial charge in [0.25, 0.3) is 0 Å². The average molecular weight is 437 g/mol. The zero-order valence-corrected chi connectivity index (χ0v) is 19.2.